The highest BCUT2D eigenvalue weighted by Crippen LogP contribution is 2.59. The molecule has 1 N–H and O–H groups in total. The number of carbonyl (C=O) groups is 2. The van der Waals surface area contributed by atoms with Crippen molar-refractivity contribution in [3.8, 4) is 0 Å². The van der Waals surface area contributed by atoms with Gasteiger partial charge >= 0.3 is 5.97 Å². The second-order valence-electron chi connectivity index (χ2n) is 6.77. The van der Waals surface area contributed by atoms with E-state index in [1.54, 1.807) is 6.20 Å². The number of carboxylic acids is 1. The minimum Gasteiger partial charge on any atom is -0.481 e. The molecule has 3 rings (SSSR count). The number of carboxylic acid groups (broad SMARTS) is 1. The van der Waals surface area contributed by atoms with E-state index in [1.807, 2.05) is 36.6 Å². The molecule has 0 unspecified atom stereocenters. The van der Waals surface area contributed by atoms with Crippen molar-refractivity contribution >= 4 is 11.9 Å². The van der Waals surface area contributed by atoms with Gasteiger partial charge in [0.1, 0.15) is 5.82 Å². The Hall–Kier alpha value is -1.85. The molecule has 21 heavy (non-hydrogen) atoms. The molecule has 1 aromatic heterocycles. The van der Waals surface area contributed by atoms with Crippen molar-refractivity contribution in [1.29, 1.82) is 0 Å². The molecule has 2 saturated carbocycles. The van der Waals surface area contributed by atoms with Crippen molar-refractivity contribution in [2.45, 2.75) is 39.3 Å². The average Bonchev–Trinajstić information content (AvgIpc) is 3.27. The van der Waals surface area contributed by atoms with Gasteiger partial charge in [0.25, 0.3) is 0 Å². The third-order valence-corrected chi connectivity index (χ3v) is 4.86. The molecule has 0 aliphatic heterocycles. The highest BCUT2D eigenvalue weighted by molar-refractivity contribution is 5.92. The molecule has 0 bridgehead atoms. The summed E-state index contributed by atoms with van der Waals surface area (Å²) in [5.41, 5.74) is -0.447. The van der Waals surface area contributed by atoms with Gasteiger partial charge in [-0.3, -0.25) is 9.59 Å². The van der Waals surface area contributed by atoms with Crippen LogP contribution in [0.3, 0.4) is 0 Å². The number of carbonyl (C=O) groups excluding carboxylic acids is 1. The van der Waals surface area contributed by atoms with Crippen molar-refractivity contribution in [3.63, 3.8) is 0 Å². The topological polar surface area (TPSA) is 75.4 Å². The van der Waals surface area contributed by atoms with Crippen LogP contribution in [0, 0.1) is 17.3 Å². The van der Waals surface area contributed by atoms with Gasteiger partial charge in [-0.1, -0.05) is 13.8 Å². The molecule has 0 spiro atoms. The molecule has 1 aromatic rings. The summed E-state index contributed by atoms with van der Waals surface area (Å²) in [6.45, 7) is 4.19. The van der Waals surface area contributed by atoms with Crippen LogP contribution in [0.15, 0.2) is 12.4 Å². The second-order valence-corrected chi connectivity index (χ2v) is 6.77. The molecular weight excluding hydrogens is 270 g/mol. The summed E-state index contributed by atoms with van der Waals surface area (Å²) in [6, 6.07) is 0.250. The Bertz CT molecular complexity index is 589. The average molecular weight is 291 g/mol. The van der Waals surface area contributed by atoms with Crippen LogP contribution in [-0.4, -0.2) is 37.5 Å². The van der Waals surface area contributed by atoms with Crippen molar-refractivity contribution in [2.75, 3.05) is 0 Å². The molecule has 0 saturated heterocycles. The number of aliphatic carboxylic acids is 1. The molecule has 1 amide bonds. The van der Waals surface area contributed by atoms with Gasteiger partial charge in [0.15, 0.2) is 0 Å². The quantitative estimate of drug-likeness (QED) is 0.886. The van der Waals surface area contributed by atoms with E-state index in [4.69, 9.17) is 0 Å². The molecule has 2 fully saturated rings. The number of aromatic nitrogens is 2. The molecule has 1 heterocycles. The minimum atomic E-state index is -0.869. The minimum absolute atomic E-state index is 0.0297. The largest absolute Gasteiger partial charge is 0.481 e. The maximum atomic E-state index is 12.8. The summed E-state index contributed by atoms with van der Waals surface area (Å²) in [6.07, 6.45) is 5.57. The standard InChI is InChI=1S/C15H21N3O3/c1-15(2)11(12(15)14(20)21)13(19)18(9-4-5-9)8-10-16-6-7-17(10)3/h6-7,9,11-12H,4-5,8H2,1-3H3,(H,20,21)/t11-,12+/m1/s1. The lowest BCUT2D eigenvalue weighted by Gasteiger charge is -2.23. The van der Waals surface area contributed by atoms with Gasteiger partial charge in [0.2, 0.25) is 5.91 Å². The van der Waals surface area contributed by atoms with Gasteiger partial charge in [-0.05, 0) is 18.3 Å². The summed E-state index contributed by atoms with van der Waals surface area (Å²) < 4.78 is 1.90. The van der Waals surface area contributed by atoms with Crippen LogP contribution in [0.25, 0.3) is 0 Å². The van der Waals surface area contributed by atoms with Crippen LogP contribution in [-0.2, 0) is 23.2 Å². The lowest BCUT2D eigenvalue weighted by Crippen LogP contribution is -2.36. The SMILES string of the molecule is Cn1ccnc1CN(C(=O)[C@H]1[C@@H](C(=O)O)C1(C)C)C1CC1. The highest BCUT2D eigenvalue weighted by atomic mass is 16.4. The van der Waals surface area contributed by atoms with E-state index < -0.39 is 23.2 Å². The molecule has 0 aromatic carbocycles. The van der Waals surface area contributed by atoms with Crippen LogP contribution < -0.4 is 0 Å². The molecule has 2 atom stereocenters. The van der Waals surface area contributed by atoms with Crippen molar-refractivity contribution < 1.29 is 14.7 Å². The summed E-state index contributed by atoms with van der Waals surface area (Å²) in [5.74, 6) is -1.03. The summed E-state index contributed by atoms with van der Waals surface area (Å²) >= 11 is 0. The molecule has 114 valence electrons. The van der Waals surface area contributed by atoms with Gasteiger partial charge in [0, 0.05) is 25.5 Å². The zero-order valence-electron chi connectivity index (χ0n) is 12.6. The van der Waals surface area contributed by atoms with E-state index in [9.17, 15) is 14.7 Å². The number of nitrogens with zero attached hydrogens (tertiary/aromatic N) is 3. The number of hydrogen-bond acceptors (Lipinski definition) is 3. The number of amides is 1. The van der Waals surface area contributed by atoms with Crippen molar-refractivity contribution in [1.82, 2.24) is 14.5 Å². The molecule has 6 heteroatoms. The van der Waals surface area contributed by atoms with Crippen molar-refractivity contribution in [3.05, 3.63) is 18.2 Å². The highest BCUT2D eigenvalue weighted by Gasteiger charge is 2.67. The normalized spacial score (nSPS) is 26.4. The predicted octanol–water partition coefficient (Wildman–Crippen LogP) is 1.27. The van der Waals surface area contributed by atoms with Gasteiger partial charge in [-0.2, -0.15) is 0 Å². The first-order chi connectivity index (χ1) is 9.84. The Morgan fingerprint density at radius 3 is 2.52 bits per heavy atom. The molecule has 2 aliphatic rings. The Labute approximate surface area is 123 Å². The summed E-state index contributed by atoms with van der Waals surface area (Å²) in [5, 5.41) is 9.26. The smallest absolute Gasteiger partial charge is 0.307 e. The van der Waals surface area contributed by atoms with Crippen LogP contribution in [0.4, 0.5) is 0 Å². The third kappa shape index (κ3) is 2.32. The van der Waals surface area contributed by atoms with Crippen molar-refractivity contribution in [2.24, 2.45) is 24.3 Å². The fourth-order valence-electron chi connectivity index (χ4n) is 3.21. The maximum absolute atomic E-state index is 12.8. The first-order valence-electron chi connectivity index (χ1n) is 7.33. The predicted molar refractivity (Wildman–Crippen MR) is 75.2 cm³/mol. The summed E-state index contributed by atoms with van der Waals surface area (Å²) in [7, 11) is 1.90. The van der Waals surface area contributed by atoms with E-state index in [-0.39, 0.29) is 11.9 Å². The van der Waals surface area contributed by atoms with Crippen LogP contribution >= 0.6 is 0 Å². The van der Waals surface area contributed by atoms with Gasteiger partial charge < -0.3 is 14.6 Å². The molecule has 0 radical (unpaired) electrons. The fourth-order valence-corrected chi connectivity index (χ4v) is 3.21. The zero-order chi connectivity index (χ0) is 15.4. The van der Waals surface area contributed by atoms with Crippen LogP contribution in [0.5, 0.6) is 0 Å². The zero-order valence-corrected chi connectivity index (χ0v) is 12.6. The van der Waals surface area contributed by atoms with E-state index >= 15 is 0 Å². The van der Waals surface area contributed by atoms with E-state index in [0.717, 1.165) is 18.7 Å². The monoisotopic (exact) mass is 291 g/mol. The Morgan fingerprint density at radius 2 is 2.10 bits per heavy atom. The summed E-state index contributed by atoms with van der Waals surface area (Å²) in [4.78, 5) is 30.2. The maximum Gasteiger partial charge on any atom is 0.307 e. The number of hydrogen-bond donors (Lipinski definition) is 1. The molecule has 6 nitrogen and oxygen atoms in total. The number of aryl methyl sites for hydroxylation is 1. The third-order valence-electron chi connectivity index (χ3n) is 4.86. The second kappa shape index (κ2) is 4.58. The van der Waals surface area contributed by atoms with Crippen LogP contribution in [0.2, 0.25) is 0 Å². The Morgan fingerprint density at radius 1 is 1.43 bits per heavy atom. The van der Waals surface area contributed by atoms with E-state index in [1.165, 1.54) is 0 Å². The van der Waals surface area contributed by atoms with Gasteiger partial charge in [0.05, 0.1) is 18.4 Å². The van der Waals surface area contributed by atoms with Gasteiger partial charge in [-0.25, -0.2) is 4.98 Å². The first-order valence-corrected chi connectivity index (χ1v) is 7.33. The molecule has 2 aliphatic carbocycles. The Balaban J connectivity index is 1.78. The first kappa shape index (κ1) is 14.1. The lowest BCUT2D eigenvalue weighted by molar-refractivity contribution is -0.142. The number of rotatable bonds is 5. The number of imidazole rings is 1. The van der Waals surface area contributed by atoms with Gasteiger partial charge in [-0.15, -0.1) is 0 Å². The fraction of sp³-hybridized carbons (Fsp3) is 0.667. The van der Waals surface area contributed by atoms with E-state index in [0.29, 0.717) is 6.54 Å². The Kier molecular flexibility index (Phi) is 3.07. The lowest BCUT2D eigenvalue weighted by atomic mass is 10.1. The molecular formula is C15H21N3O3. The van der Waals surface area contributed by atoms with Crippen LogP contribution in [0.1, 0.15) is 32.5 Å². The van der Waals surface area contributed by atoms with E-state index in [2.05, 4.69) is 4.98 Å².